The maximum absolute atomic E-state index is 13.3. The molecule has 162 valence electrons. The first-order valence-electron chi connectivity index (χ1n) is 10.7. The number of benzene rings is 2. The summed E-state index contributed by atoms with van der Waals surface area (Å²) < 4.78 is 0. The molecule has 32 heavy (non-hydrogen) atoms. The lowest BCUT2D eigenvalue weighted by atomic mass is 10.1. The van der Waals surface area contributed by atoms with Crippen LogP contribution >= 0.6 is 11.8 Å². The van der Waals surface area contributed by atoms with Crippen LogP contribution in [0.4, 0.5) is 5.69 Å². The number of anilines is 1. The zero-order chi connectivity index (χ0) is 22.5. The summed E-state index contributed by atoms with van der Waals surface area (Å²) in [5.41, 5.74) is 2.06. The summed E-state index contributed by atoms with van der Waals surface area (Å²) in [4.78, 5) is 32.4. The quantitative estimate of drug-likeness (QED) is 0.515. The number of aromatic nitrogens is 1. The summed E-state index contributed by atoms with van der Waals surface area (Å²) in [6.07, 6.45) is 2.28. The van der Waals surface area contributed by atoms with Gasteiger partial charge in [0.05, 0.1) is 33.8 Å². The lowest BCUT2D eigenvalue weighted by Gasteiger charge is -2.25. The van der Waals surface area contributed by atoms with Crippen molar-refractivity contribution in [1.82, 2.24) is 10.3 Å². The van der Waals surface area contributed by atoms with E-state index in [1.54, 1.807) is 11.0 Å². The number of nitrogens with zero attached hydrogens (tertiary/aromatic N) is 3. The van der Waals surface area contributed by atoms with Crippen molar-refractivity contribution in [2.75, 3.05) is 11.4 Å². The van der Waals surface area contributed by atoms with Gasteiger partial charge in [-0.2, -0.15) is 5.26 Å². The fraction of sp³-hybridized carbons (Fsp3) is 0.280. The van der Waals surface area contributed by atoms with E-state index in [-0.39, 0.29) is 24.3 Å². The topological polar surface area (TPSA) is 86.1 Å². The van der Waals surface area contributed by atoms with Gasteiger partial charge in [0.25, 0.3) is 5.91 Å². The molecule has 1 N–H and O–H groups in total. The highest BCUT2D eigenvalue weighted by molar-refractivity contribution is 8.00. The highest BCUT2D eigenvalue weighted by atomic mass is 32.2. The number of nitrogens with one attached hydrogen (secondary N) is 1. The number of para-hydroxylation sites is 2. The van der Waals surface area contributed by atoms with E-state index in [0.717, 1.165) is 29.4 Å². The molecule has 0 saturated heterocycles. The lowest BCUT2D eigenvalue weighted by Crippen LogP contribution is -2.37. The van der Waals surface area contributed by atoms with Crippen LogP contribution in [0.25, 0.3) is 10.9 Å². The molecule has 0 spiro atoms. The smallest absolute Gasteiger partial charge is 0.252 e. The molecular formula is C25H24N4O2S. The number of hydrogen-bond acceptors (Lipinski definition) is 5. The first-order chi connectivity index (χ1) is 15.6. The standard InChI is InChI=1S/C25H24N4O2S/c1-17(25(31)29(15-7-14-26)19-8-3-2-4-9-19)32-23-16-21(24(30)27-18-12-13-18)20-10-5-6-11-22(20)28-23/h2-6,8-11,16-18H,7,12-13,15H2,1H3,(H,27,30). The summed E-state index contributed by atoms with van der Waals surface area (Å²) >= 11 is 1.32. The van der Waals surface area contributed by atoms with Crippen molar-refractivity contribution in [3.05, 3.63) is 66.2 Å². The maximum atomic E-state index is 13.3. The van der Waals surface area contributed by atoms with Gasteiger partial charge in [-0.1, -0.05) is 48.2 Å². The van der Waals surface area contributed by atoms with Crippen molar-refractivity contribution < 1.29 is 9.59 Å². The highest BCUT2D eigenvalue weighted by Gasteiger charge is 2.26. The van der Waals surface area contributed by atoms with Crippen molar-refractivity contribution in [1.29, 1.82) is 5.26 Å². The third-order valence-electron chi connectivity index (χ3n) is 5.28. The molecule has 1 atom stereocenters. The Balaban J connectivity index is 1.59. The van der Waals surface area contributed by atoms with Gasteiger partial charge < -0.3 is 10.2 Å². The molecule has 2 aromatic carbocycles. The van der Waals surface area contributed by atoms with Gasteiger partial charge in [-0.15, -0.1) is 0 Å². The molecule has 4 rings (SSSR count). The van der Waals surface area contributed by atoms with E-state index in [0.29, 0.717) is 17.1 Å². The van der Waals surface area contributed by atoms with Crippen LogP contribution in [0.3, 0.4) is 0 Å². The zero-order valence-corrected chi connectivity index (χ0v) is 18.6. The molecule has 1 fully saturated rings. The van der Waals surface area contributed by atoms with Crippen LogP contribution in [0.15, 0.2) is 65.7 Å². The van der Waals surface area contributed by atoms with Crippen LogP contribution in [0.2, 0.25) is 0 Å². The van der Waals surface area contributed by atoms with Crippen LogP contribution in [-0.4, -0.2) is 34.6 Å². The van der Waals surface area contributed by atoms with Gasteiger partial charge in [-0.05, 0) is 44.0 Å². The van der Waals surface area contributed by atoms with Gasteiger partial charge in [0.2, 0.25) is 5.91 Å². The Morgan fingerprint density at radius 3 is 2.62 bits per heavy atom. The summed E-state index contributed by atoms with van der Waals surface area (Å²) in [5.74, 6) is -0.206. The number of carbonyl (C=O) groups is 2. The van der Waals surface area contributed by atoms with Crippen molar-refractivity contribution in [2.45, 2.75) is 42.5 Å². The molecule has 7 heteroatoms. The van der Waals surface area contributed by atoms with E-state index in [2.05, 4.69) is 16.4 Å². The van der Waals surface area contributed by atoms with Gasteiger partial charge in [0, 0.05) is 23.7 Å². The van der Waals surface area contributed by atoms with E-state index in [1.807, 2.05) is 61.5 Å². The van der Waals surface area contributed by atoms with Crippen molar-refractivity contribution in [3.8, 4) is 6.07 Å². The number of rotatable bonds is 8. The van der Waals surface area contributed by atoms with E-state index in [9.17, 15) is 9.59 Å². The molecule has 0 bridgehead atoms. The Morgan fingerprint density at radius 2 is 1.91 bits per heavy atom. The monoisotopic (exact) mass is 444 g/mol. The van der Waals surface area contributed by atoms with E-state index < -0.39 is 5.25 Å². The number of amides is 2. The first-order valence-corrected chi connectivity index (χ1v) is 11.6. The number of nitriles is 1. The van der Waals surface area contributed by atoms with E-state index >= 15 is 0 Å². The van der Waals surface area contributed by atoms with Crippen LogP contribution in [0, 0.1) is 11.3 Å². The molecule has 1 heterocycles. The Morgan fingerprint density at radius 1 is 1.19 bits per heavy atom. The molecule has 6 nitrogen and oxygen atoms in total. The SMILES string of the molecule is CC(Sc1cc(C(=O)NC2CC2)c2ccccc2n1)C(=O)N(CCC#N)c1ccccc1. The normalized spacial score (nSPS) is 13.9. The second-order valence-corrected chi connectivity index (χ2v) is 9.13. The Kier molecular flexibility index (Phi) is 6.72. The minimum Gasteiger partial charge on any atom is -0.349 e. The summed E-state index contributed by atoms with van der Waals surface area (Å²) in [6, 6.07) is 21.1. The molecular weight excluding hydrogens is 420 g/mol. The summed E-state index contributed by atoms with van der Waals surface area (Å²) in [5, 5.41) is 13.1. The predicted molar refractivity (Wildman–Crippen MR) is 127 cm³/mol. The van der Waals surface area contributed by atoms with Crippen LogP contribution in [-0.2, 0) is 4.79 Å². The first kappa shape index (κ1) is 21.8. The van der Waals surface area contributed by atoms with Crippen molar-refractivity contribution >= 4 is 40.2 Å². The molecule has 0 radical (unpaired) electrons. The van der Waals surface area contributed by atoms with E-state index in [1.165, 1.54) is 11.8 Å². The van der Waals surface area contributed by atoms with Crippen LogP contribution < -0.4 is 10.2 Å². The second kappa shape index (κ2) is 9.84. The number of carbonyl (C=O) groups excluding carboxylic acids is 2. The molecule has 1 saturated carbocycles. The van der Waals surface area contributed by atoms with Gasteiger partial charge in [0.1, 0.15) is 0 Å². The van der Waals surface area contributed by atoms with Crippen molar-refractivity contribution in [2.24, 2.45) is 0 Å². The summed E-state index contributed by atoms with van der Waals surface area (Å²) in [7, 11) is 0. The van der Waals surface area contributed by atoms with Crippen molar-refractivity contribution in [3.63, 3.8) is 0 Å². The lowest BCUT2D eigenvalue weighted by molar-refractivity contribution is -0.117. The zero-order valence-electron chi connectivity index (χ0n) is 17.8. The third-order valence-corrected chi connectivity index (χ3v) is 6.28. The fourth-order valence-corrected chi connectivity index (χ4v) is 4.40. The minimum absolute atomic E-state index is 0.101. The number of pyridine rings is 1. The Bertz CT molecular complexity index is 1170. The minimum atomic E-state index is -0.443. The molecule has 1 aliphatic carbocycles. The molecule has 2 amide bonds. The van der Waals surface area contributed by atoms with E-state index in [4.69, 9.17) is 5.26 Å². The maximum Gasteiger partial charge on any atom is 0.252 e. The Labute approximate surface area is 191 Å². The van der Waals surface area contributed by atoms with Gasteiger partial charge >= 0.3 is 0 Å². The molecule has 1 aromatic heterocycles. The largest absolute Gasteiger partial charge is 0.349 e. The van der Waals surface area contributed by atoms with Gasteiger partial charge in [-0.25, -0.2) is 4.98 Å². The fourth-order valence-electron chi connectivity index (χ4n) is 3.48. The predicted octanol–water partition coefficient (Wildman–Crippen LogP) is 4.55. The average Bonchev–Trinajstić information content (AvgIpc) is 3.63. The van der Waals surface area contributed by atoms with Gasteiger partial charge in [0.15, 0.2) is 0 Å². The van der Waals surface area contributed by atoms with Crippen LogP contribution in [0.1, 0.15) is 36.5 Å². The molecule has 3 aromatic rings. The third kappa shape index (κ3) is 5.09. The number of thioether (sulfide) groups is 1. The Hall–Kier alpha value is -3.37. The number of fused-ring (bicyclic) bond motifs is 1. The summed E-state index contributed by atoms with van der Waals surface area (Å²) in [6.45, 7) is 2.15. The highest BCUT2D eigenvalue weighted by Crippen LogP contribution is 2.30. The molecule has 0 aliphatic heterocycles. The van der Waals surface area contributed by atoms with Gasteiger partial charge in [-0.3, -0.25) is 9.59 Å². The average molecular weight is 445 g/mol. The number of hydrogen-bond donors (Lipinski definition) is 1. The molecule has 1 unspecified atom stereocenters. The second-order valence-electron chi connectivity index (χ2n) is 7.77. The molecule has 1 aliphatic rings. The van der Waals surface area contributed by atoms with Crippen LogP contribution in [0.5, 0.6) is 0 Å².